The minimum absolute atomic E-state index is 0.401. The van der Waals surface area contributed by atoms with Crippen LogP contribution in [0, 0.1) is 0 Å². The molecule has 1 aliphatic carbocycles. The fourth-order valence-corrected chi connectivity index (χ4v) is 2.84. The summed E-state index contributed by atoms with van der Waals surface area (Å²) < 4.78 is 0. The van der Waals surface area contributed by atoms with Gasteiger partial charge in [0.15, 0.2) is 16.8 Å². The van der Waals surface area contributed by atoms with Gasteiger partial charge in [-0.15, -0.1) is 11.3 Å². The third kappa shape index (κ3) is 1.61. The van der Waals surface area contributed by atoms with Crippen molar-refractivity contribution < 1.29 is 0 Å². The monoisotopic (exact) mass is 233 g/mol. The Balaban J connectivity index is 1.87. The lowest BCUT2D eigenvalue weighted by molar-refractivity contribution is 0.900. The Morgan fingerprint density at radius 1 is 1.25 bits per heavy atom. The number of anilines is 3. The van der Waals surface area contributed by atoms with Crippen molar-refractivity contribution in [2.24, 2.45) is 0 Å². The molecule has 2 heterocycles. The summed E-state index contributed by atoms with van der Waals surface area (Å²) in [5.74, 6) is 0.979. The highest BCUT2D eigenvalue weighted by atomic mass is 32.1. The average Bonchev–Trinajstić information content (AvgIpc) is 2.81. The van der Waals surface area contributed by atoms with Crippen molar-refractivity contribution in [1.82, 2.24) is 15.0 Å². The van der Waals surface area contributed by atoms with Crippen LogP contribution in [-0.4, -0.2) is 15.0 Å². The van der Waals surface area contributed by atoms with E-state index in [4.69, 9.17) is 5.73 Å². The second-order valence-electron chi connectivity index (χ2n) is 3.66. The van der Waals surface area contributed by atoms with Crippen LogP contribution in [0.25, 0.3) is 0 Å². The summed E-state index contributed by atoms with van der Waals surface area (Å²) in [6.07, 6.45) is 6.64. The van der Waals surface area contributed by atoms with E-state index in [0.29, 0.717) is 11.6 Å². The number of nitrogens with one attached hydrogen (secondary N) is 1. The van der Waals surface area contributed by atoms with E-state index in [-0.39, 0.29) is 0 Å². The molecule has 16 heavy (non-hydrogen) atoms. The number of fused-ring (bicyclic) bond motifs is 1. The van der Waals surface area contributed by atoms with Gasteiger partial charge in [0.1, 0.15) is 0 Å². The summed E-state index contributed by atoms with van der Waals surface area (Å²) in [6, 6.07) is 0. The molecule has 0 aliphatic heterocycles. The van der Waals surface area contributed by atoms with E-state index in [9.17, 15) is 0 Å². The normalized spacial score (nSPS) is 13.8. The molecule has 0 radical (unpaired) electrons. The second-order valence-corrected chi connectivity index (χ2v) is 4.74. The van der Waals surface area contributed by atoms with Crippen LogP contribution >= 0.6 is 11.3 Å². The first-order chi connectivity index (χ1) is 7.83. The lowest BCUT2D eigenvalue weighted by Gasteiger charge is -2.02. The number of rotatable bonds is 2. The molecule has 0 unspecified atom stereocenters. The van der Waals surface area contributed by atoms with Gasteiger partial charge in [0.2, 0.25) is 0 Å². The lowest BCUT2D eigenvalue weighted by atomic mass is 10.4. The van der Waals surface area contributed by atoms with E-state index in [1.54, 1.807) is 23.7 Å². The topological polar surface area (TPSA) is 76.7 Å². The van der Waals surface area contributed by atoms with Gasteiger partial charge in [-0.3, -0.25) is 0 Å². The van der Waals surface area contributed by atoms with Crippen LogP contribution in [0.15, 0.2) is 12.4 Å². The van der Waals surface area contributed by atoms with E-state index < -0.39 is 0 Å². The Bertz CT molecular complexity index is 500. The van der Waals surface area contributed by atoms with Crippen LogP contribution in [0.3, 0.4) is 0 Å². The van der Waals surface area contributed by atoms with Crippen molar-refractivity contribution in [2.45, 2.75) is 19.3 Å². The van der Waals surface area contributed by atoms with E-state index in [2.05, 4.69) is 20.3 Å². The number of aryl methyl sites for hydroxylation is 2. The maximum atomic E-state index is 5.70. The Hall–Kier alpha value is -1.69. The molecular weight excluding hydrogens is 222 g/mol. The molecule has 0 saturated carbocycles. The van der Waals surface area contributed by atoms with Crippen LogP contribution in [-0.2, 0) is 12.8 Å². The Labute approximate surface area is 96.8 Å². The number of hydrogen-bond donors (Lipinski definition) is 2. The molecule has 6 heteroatoms. The molecule has 0 saturated heterocycles. The summed E-state index contributed by atoms with van der Waals surface area (Å²) in [7, 11) is 0. The largest absolute Gasteiger partial charge is 0.381 e. The second kappa shape index (κ2) is 3.71. The maximum Gasteiger partial charge on any atom is 0.188 e. The fraction of sp³-hybridized carbons (Fsp3) is 0.300. The Morgan fingerprint density at radius 3 is 2.94 bits per heavy atom. The lowest BCUT2D eigenvalue weighted by Crippen LogP contribution is -2.00. The highest BCUT2D eigenvalue weighted by molar-refractivity contribution is 7.15. The highest BCUT2D eigenvalue weighted by Gasteiger charge is 2.17. The van der Waals surface area contributed by atoms with Crippen LogP contribution < -0.4 is 11.1 Å². The van der Waals surface area contributed by atoms with Crippen LogP contribution in [0.1, 0.15) is 17.0 Å². The Kier molecular flexibility index (Phi) is 2.21. The van der Waals surface area contributed by atoms with Gasteiger partial charge < -0.3 is 11.1 Å². The summed E-state index contributed by atoms with van der Waals surface area (Å²) in [6.45, 7) is 0. The van der Waals surface area contributed by atoms with Crippen molar-refractivity contribution in [3.8, 4) is 0 Å². The van der Waals surface area contributed by atoms with Gasteiger partial charge in [0.25, 0.3) is 0 Å². The minimum Gasteiger partial charge on any atom is -0.381 e. The molecule has 0 spiro atoms. The molecule has 0 atom stereocenters. The summed E-state index contributed by atoms with van der Waals surface area (Å²) in [5.41, 5.74) is 6.92. The van der Waals surface area contributed by atoms with E-state index in [1.807, 2.05) is 0 Å². The molecule has 2 aromatic heterocycles. The van der Waals surface area contributed by atoms with Crippen molar-refractivity contribution in [1.29, 1.82) is 0 Å². The molecule has 0 bridgehead atoms. The maximum absolute atomic E-state index is 5.70. The molecule has 3 rings (SSSR count). The SMILES string of the molecule is Nc1nccnc1Nc1nc2c(s1)CCC2. The zero-order chi connectivity index (χ0) is 11.0. The third-order valence-corrected chi connectivity index (χ3v) is 3.62. The van der Waals surface area contributed by atoms with Crippen LogP contribution in [0.2, 0.25) is 0 Å². The van der Waals surface area contributed by atoms with Gasteiger partial charge in [-0.1, -0.05) is 0 Å². The first-order valence-corrected chi connectivity index (χ1v) is 5.96. The molecule has 0 aromatic carbocycles. The first kappa shape index (κ1) is 9.53. The zero-order valence-electron chi connectivity index (χ0n) is 8.60. The summed E-state index contributed by atoms with van der Waals surface area (Å²) in [4.78, 5) is 14.0. The van der Waals surface area contributed by atoms with E-state index in [0.717, 1.165) is 18.0 Å². The van der Waals surface area contributed by atoms with Crippen LogP contribution in [0.5, 0.6) is 0 Å². The van der Waals surface area contributed by atoms with Crippen molar-refractivity contribution in [2.75, 3.05) is 11.1 Å². The molecule has 0 fully saturated rings. The number of nitrogen functional groups attached to an aromatic ring is 1. The molecular formula is C10H11N5S. The smallest absolute Gasteiger partial charge is 0.188 e. The molecule has 2 aromatic rings. The summed E-state index contributed by atoms with van der Waals surface area (Å²) in [5, 5.41) is 3.97. The van der Waals surface area contributed by atoms with Gasteiger partial charge in [-0.05, 0) is 19.3 Å². The van der Waals surface area contributed by atoms with Gasteiger partial charge in [0.05, 0.1) is 5.69 Å². The zero-order valence-corrected chi connectivity index (χ0v) is 9.42. The molecule has 1 aliphatic rings. The average molecular weight is 233 g/mol. The van der Waals surface area contributed by atoms with E-state index in [1.165, 1.54) is 17.0 Å². The molecule has 82 valence electrons. The van der Waals surface area contributed by atoms with Gasteiger partial charge in [0, 0.05) is 17.3 Å². The predicted octanol–water partition coefficient (Wildman–Crippen LogP) is 1.75. The van der Waals surface area contributed by atoms with Crippen molar-refractivity contribution >= 4 is 28.1 Å². The number of nitrogens with two attached hydrogens (primary N) is 1. The highest BCUT2D eigenvalue weighted by Crippen LogP contribution is 2.32. The number of thiazole rings is 1. The minimum atomic E-state index is 0.401. The predicted molar refractivity (Wildman–Crippen MR) is 63.9 cm³/mol. The number of aromatic nitrogens is 3. The van der Waals surface area contributed by atoms with Crippen LogP contribution in [0.4, 0.5) is 16.8 Å². The third-order valence-electron chi connectivity index (χ3n) is 2.55. The van der Waals surface area contributed by atoms with E-state index >= 15 is 0 Å². The van der Waals surface area contributed by atoms with Gasteiger partial charge >= 0.3 is 0 Å². The molecule has 3 N–H and O–H groups in total. The standard InChI is InChI=1S/C10H11N5S/c11-8-9(13-5-4-12-8)15-10-14-6-2-1-3-7(6)16-10/h4-5H,1-3H2,(H2,11,12)(H,13,14,15). The molecule has 5 nitrogen and oxygen atoms in total. The summed E-state index contributed by atoms with van der Waals surface area (Å²) >= 11 is 1.68. The Morgan fingerprint density at radius 2 is 2.12 bits per heavy atom. The fourth-order valence-electron chi connectivity index (χ4n) is 1.79. The van der Waals surface area contributed by atoms with Crippen molar-refractivity contribution in [3.05, 3.63) is 23.0 Å². The quantitative estimate of drug-likeness (QED) is 0.826. The van der Waals surface area contributed by atoms with Gasteiger partial charge in [-0.25, -0.2) is 15.0 Å². The van der Waals surface area contributed by atoms with Crippen molar-refractivity contribution in [3.63, 3.8) is 0 Å². The number of hydrogen-bond acceptors (Lipinski definition) is 6. The molecule has 0 amide bonds. The number of nitrogens with zero attached hydrogens (tertiary/aromatic N) is 3. The first-order valence-electron chi connectivity index (χ1n) is 5.15. The van der Waals surface area contributed by atoms with Gasteiger partial charge in [-0.2, -0.15) is 0 Å².